The lowest BCUT2D eigenvalue weighted by Crippen LogP contribution is -2.78. The Bertz CT molecular complexity index is 268. The zero-order valence-electron chi connectivity index (χ0n) is 13.8. The highest BCUT2D eigenvalue weighted by atomic mass is 15.6. The van der Waals surface area contributed by atoms with Crippen molar-refractivity contribution in [2.75, 3.05) is 41.3 Å². The fourth-order valence-corrected chi connectivity index (χ4v) is 6.31. The Morgan fingerprint density at radius 1 is 0.647 bits per heavy atom. The van der Waals surface area contributed by atoms with Gasteiger partial charge in [0.25, 0.3) is 0 Å². The Hall–Kier alpha value is -0.0800. The molecule has 1 aliphatic heterocycles. The van der Waals surface area contributed by atoms with Crippen molar-refractivity contribution in [1.29, 1.82) is 0 Å². The molecule has 0 unspecified atom stereocenters. The van der Waals surface area contributed by atoms with E-state index in [0.29, 0.717) is 0 Å². The smallest absolute Gasteiger partial charge is 0.234 e. The van der Waals surface area contributed by atoms with Crippen molar-refractivity contribution in [3.05, 3.63) is 0 Å². The molecule has 0 aliphatic carbocycles. The number of hydrogen-bond donors (Lipinski definition) is 0. The summed E-state index contributed by atoms with van der Waals surface area (Å²) < 4.78 is 2.24. The fraction of sp³-hybridized carbons (Fsp3) is 1.00. The first-order valence-electron chi connectivity index (χ1n) is 6.87. The van der Waals surface area contributed by atoms with Crippen molar-refractivity contribution in [3.63, 3.8) is 0 Å². The minimum absolute atomic E-state index is 0.236. The molecule has 0 aromatic heterocycles. The SMILES string of the molecule is CC(C)(C)C1(C(C)(C)C)[N+](C)(C)CC[N+]1(C)C. The van der Waals surface area contributed by atoms with Crippen molar-refractivity contribution in [2.45, 2.75) is 47.2 Å². The van der Waals surface area contributed by atoms with Crippen LogP contribution in [0.2, 0.25) is 0 Å². The van der Waals surface area contributed by atoms with Crippen LogP contribution in [0.4, 0.5) is 0 Å². The van der Waals surface area contributed by atoms with Crippen LogP contribution < -0.4 is 0 Å². The first kappa shape index (κ1) is 15.0. The number of quaternary nitrogens is 2. The highest BCUT2D eigenvalue weighted by Gasteiger charge is 2.74. The molecule has 0 atom stereocenters. The average Bonchev–Trinajstić information content (AvgIpc) is 2.13. The molecule has 0 N–H and O–H groups in total. The molecule has 0 radical (unpaired) electrons. The molecule has 2 nitrogen and oxygen atoms in total. The van der Waals surface area contributed by atoms with Crippen LogP contribution in [0.5, 0.6) is 0 Å². The minimum Gasteiger partial charge on any atom is -0.272 e. The molecule has 0 spiro atoms. The standard InChI is InChI=1S/C15H34N2/c1-13(2,3)15(14(4,5)6)16(7,8)11-12-17(15,9)10/h11-12H2,1-10H3/q+2. The Balaban J connectivity index is 3.62. The van der Waals surface area contributed by atoms with Crippen LogP contribution in [0.25, 0.3) is 0 Å². The van der Waals surface area contributed by atoms with Crippen molar-refractivity contribution in [2.24, 2.45) is 10.8 Å². The highest BCUT2D eigenvalue weighted by Crippen LogP contribution is 2.57. The maximum Gasteiger partial charge on any atom is 0.234 e. The minimum atomic E-state index is 0.236. The third-order valence-corrected chi connectivity index (χ3v) is 5.06. The molecule has 0 aromatic rings. The number of nitrogens with zero attached hydrogens (tertiary/aromatic N) is 2. The van der Waals surface area contributed by atoms with E-state index in [0.717, 1.165) is 8.97 Å². The third kappa shape index (κ3) is 1.67. The van der Waals surface area contributed by atoms with Crippen LogP contribution in [0.15, 0.2) is 0 Å². The fourth-order valence-electron chi connectivity index (χ4n) is 6.31. The summed E-state index contributed by atoms with van der Waals surface area (Å²) in [4.78, 5) is 0. The average molecular weight is 242 g/mol. The molecule has 17 heavy (non-hydrogen) atoms. The predicted octanol–water partition coefficient (Wildman–Crippen LogP) is 2.94. The number of hydrogen-bond acceptors (Lipinski definition) is 0. The highest BCUT2D eigenvalue weighted by molar-refractivity contribution is 4.96. The lowest BCUT2D eigenvalue weighted by atomic mass is 9.63. The van der Waals surface area contributed by atoms with E-state index in [1.807, 2.05) is 0 Å². The summed E-state index contributed by atoms with van der Waals surface area (Å²) >= 11 is 0. The Kier molecular flexibility index (Phi) is 3.06. The molecule has 2 heteroatoms. The molecule has 1 fully saturated rings. The van der Waals surface area contributed by atoms with Crippen molar-refractivity contribution >= 4 is 0 Å². The van der Waals surface area contributed by atoms with Crippen LogP contribution in [-0.4, -0.2) is 55.9 Å². The van der Waals surface area contributed by atoms with E-state index in [1.54, 1.807) is 0 Å². The monoisotopic (exact) mass is 242 g/mol. The van der Waals surface area contributed by atoms with Gasteiger partial charge in [-0.15, -0.1) is 0 Å². The van der Waals surface area contributed by atoms with E-state index in [-0.39, 0.29) is 16.5 Å². The largest absolute Gasteiger partial charge is 0.272 e. The first-order chi connectivity index (χ1) is 7.21. The molecule has 1 saturated heterocycles. The molecule has 0 amide bonds. The first-order valence-corrected chi connectivity index (χ1v) is 6.87. The van der Waals surface area contributed by atoms with Gasteiger partial charge in [-0.25, -0.2) is 0 Å². The van der Waals surface area contributed by atoms with Gasteiger partial charge in [0.2, 0.25) is 5.66 Å². The van der Waals surface area contributed by atoms with Gasteiger partial charge in [0, 0.05) is 0 Å². The predicted molar refractivity (Wildman–Crippen MR) is 75.6 cm³/mol. The lowest BCUT2D eigenvalue weighted by Gasteiger charge is -2.60. The summed E-state index contributed by atoms with van der Waals surface area (Å²) in [5.41, 5.74) is 0.781. The van der Waals surface area contributed by atoms with Gasteiger partial charge in [-0.1, -0.05) is 0 Å². The van der Waals surface area contributed by atoms with E-state index >= 15 is 0 Å². The zero-order valence-corrected chi connectivity index (χ0v) is 13.8. The van der Waals surface area contributed by atoms with Crippen molar-refractivity contribution in [3.8, 4) is 0 Å². The Morgan fingerprint density at radius 2 is 0.882 bits per heavy atom. The van der Waals surface area contributed by atoms with E-state index in [4.69, 9.17) is 0 Å². The van der Waals surface area contributed by atoms with Gasteiger partial charge in [0.15, 0.2) is 0 Å². The molecule has 0 aromatic carbocycles. The van der Waals surface area contributed by atoms with Crippen LogP contribution in [-0.2, 0) is 0 Å². The third-order valence-electron chi connectivity index (χ3n) is 5.06. The Morgan fingerprint density at radius 3 is 1.00 bits per heavy atom. The van der Waals surface area contributed by atoms with Crippen LogP contribution in [0, 0.1) is 10.8 Å². The van der Waals surface area contributed by atoms with Crippen LogP contribution in [0.1, 0.15) is 41.5 Å². The summed E-state index contributed by atoms with van der Waals surface area (Å²) in [5, 5.41) is 0. The molecule has 0 saturated carbocycles. The topological polar surface area (TPSA) is 0 Å². The molecule has 0 bridgehead atoms. The van der Waals surface area contributed by atoms with E-state index in [9.17, 15) is 0 Å². The molecule has 102 valence electrons. The molecule has 1 rings (SSSR count). The molecule has 1 aliphatic rings. The summed E-state index contributed by atoms with van der Waals surface area (Å²) in [7, 11) is 9.68. The van der Waals surface area contributed by atoms with Gasteiger partial charge in [0.05, 0.1) is 39.0 Å². The number of likely N-dealkylation sites (N-methyl/N-ethyl adjacent to an activating group) is 2. The second-order valence-corrected chi connectivity index (χ2v) is 8.99. The van der Waals surface area contributed by atoms with E-state index in [1.165, 1.54) is 13.1 Å². The maximum absolute atomic E-state index is 2.42. The summed E-state index contributed by atoms with van der Waals surface area (Å²) in [5.74, 6) is 0. The summed E-state index contributed by atoms with van der Waals surface area (Å²) in [6.45, 7) is 17.1. The lowest BCUT2D eigenvalue weighted by molar-refractivity contribution is -1.11. The van der Waals surface area contributed by atoms with Gasteiger partial charge < -0.3 is 0 Å². The van der Waals surface area contributed by atoms with E-state index < -0.39 is 0 Å². The van der Waals surface area contributed by atoms with Gasteiger partial charge in [-0.05, 0) is 41.5 Å². The summed E-state index contributed by atoms with van der Waals surface area (Å²) in [6.07, 6.45) is 0. The summed E-state index contributed by atoms with van der Waals surface area (Å²) in [6, 6.07) is 0. The second kappa shape index (κ2) is 3.48. The number of rotatable bonds is 0. The van der Waals surface area contributed by atoms with E-state index in [2.05, 4.69) is 69.7 Å². The quantitative estimate of drug-likeness (QED) is 0.573. The zero-order chi connectivity index (χ0) is 13.9. The van der Waals surface area contributed by atoms with Gasteiger partial charge in [-0.3, -0.25) is 8.97 Å². The van der Waals surface area contributed by atoms with Crippen LogP contribution >= 0.6 is 0 Å². The normalized spacial score (nSPS) is 27.2. The van der Waals surface area contributed by atoms with Gasteiger partial charge >= 0.3 is 0 Å². The van der Waals surface area contributed by atoms with Gasteiger partial charge in [-0.2, -0.15) is 0 Å². The second-order valence-electron chi connectivity index (χ2n) is 8.99. The van der Waals surface area contributed by atoms with Crippen molar-refractivity contribution in [1.82, 2.24) is 0 Å². The Labute approximate surface area is 109 Å². The molecular weight excluding hydrogens is 208 g/mol. The molecule has 1 heterocycles. The van der Waals surface area contributed by atoms with Gasteiger partial charge in [0.1, 0.15) is 13.1 Å². The van der Waals surface area contributed by atoms with Crippen LogP contribution in [0.3, 0.4) is 0 Å². The van der Waals surface area contributed by atoms with Crippen molar-refractivity contribution < 1.29 is 8.97 Å². The molecular formula is C15H34N2+2. The maximum atomic E-state index is 2.42.